The van der Waals surface area contributed by atoms with E-state index < -0.39 is 408 Å². The van der Waals surface area contributed by atoms with Crippen LogP contribution in [0.4, 0.5) is 215 Å². The van der Waals surface area contributed by atoms with E-state index in [0.717, 1.165) is 6.42 Å². The molecule has 51 heteroatoms. The fourth-order valence-corrected chi connectivity index (χ4v) is 26.3. The van der Waals surface area contributed by atoms with Crippen molar-refractivity contribution in [3.05, 3.63) is 289 Å². The Kier molecular flexibility index (Phi) is 23.5. The molecule has 0 spiro atoms. The third-order valence-corrected chi connectivity index (χ3v) is 28.9. The highest BCUT2D eigenvalue weighted by Crippen LogP contribution is 2.74. The van der Waals surface area contributed by atoms with Gasteiger partial charge in [-0.05, 0) is 52.9 Å². The Morgan fingerprint density at radius 1 is 0.254 bits per heavy atom. The maximum absolute atomic E-state index is 17.7. The zero-order valence-corrected chi connectivity index (χ0v) is 60.6. The van der Waals surface area contributed by atoms with Gasteiger partial charge in [0, 0.05) is 56.0 Å². The van der Waals surface area contributed by atoms with Crippen LogP contribution in [0.1, 0.15) is 101 Å². The molecular weight excluding hydrogens is 1870 g/mol. The quantitative estimate of drug-likeness (QED) is 0.0437. The van der Waals surface area contributed by atoms with Gasteiger partial charge in [0.05, 0.1) is 17.7 Å². The molecule has 674 valence electrons. The van der Waals surface area contributed by atoms with E-state index in [0.29, 0.717) is 6.42 Å². The molecule has 0 amide bonds. The molecule has 4 aliphatic rings. The van der Waals surface area contributed by atoms with E-state index in [1.807, 2.05) is 6.92 Å². The summed E-state index contributed by atoms with van der Waals surface area (Å²) in [6.07, 6.45) is -17.7. The maximum atomic E-state index is 17.7. The number of nitrogens with two attached hydrogens (primary N) is 1. The molecule has 0 saturated carbocycles. The van der Waals surface area contributed by atoms with Gasteiger partial charge in [0.15, 0.2) is 217 Å². The van der Waals surface area contributed by atoms with Gasteiger partial charge < -0.3 is 0 Å². The summed E-state index contributed by atoms with van der Waals surface area (Å²) in [5.41, 5.74) is -51.6. The number of rotatable bonds is 11. The first kappa shape index (κ1) is 94.4. The zero-order valence-electron chi connectivity index (χ0n) is 59.5. The molecule has 10 aromatic carbocycles. The Labute approximate surface area is 665 Å². The second-order valence-electron chi connectivity index (χ2n) is 28.1. The predicted molar refractivity (Wildman–Crippen MR) is 328 cm³/mol. The highest BCUT2D eigenvalue weighted by atomic mass is 27.2. The van der Waals surface area contributed by atoms with Gasteiger partial charge in [-0.1, -0.05) is 42.5 Å². The number of halogens is 49. The summed E-state index contributed by atoms with van der Waals surface area (Å²) in [6, 6.07) is -7.04. The Hall–Kier alpha value is -10.7. The number of benzene rings is 10. The molecule has 0 saturated heterocycles. The molecule has 2 N–H and O–H groups in total. The summed E-state index contributed by atoms with van der Waals surface area (Å²) >= 11 is -8.92. The largest absolute Gasteiger partial charge is 0.514 e. The van der Waals surface area contributed by atoms with Gasteiger partial charge in [-0.25, -0.2) is 158 Å². The molecule has 0 aromatic heterocycles. The first-order valence-corrected chi connectivity index (χ1v) is 36.4. The van der Waals surface area contributed by atoms with Crippen molar-refractivity contribution in [3.63, 3.8) is 0 Å². The fraction of sp³-hybridized carbons (Fsp3) is 0.200. The van der Waals surface area contributed by atoms with E-state index in [1.165, 1.54) is 0 Å². The van der Waals surface area contributed by atoms with E-state index in [1.54, 1.807) is 6.92 Å². The van der Waals surface area contributed by atoms with Crippen LogP contribution >= 0.6 is 0 Å². The number of quaternary nitrogens is 1. The van der Waals surface area contributed by atoms with Crippen LogP contribution in [0.5, 0.6) is 0 Å². The minimum atomic E-state index is -8.92. The molecule has 0 heterocycles. The SMILES string of the molecule is CCCC(C)C[NH2+]C(F)(F)C(F)(F)F.Fc1c(F)c(F)c(-c2c(C(F)(F)F)c(F)c(F)c(F)c2C(F)(F)C(F)(F)F)c(F)c1F.Fc1cc2c(c(F)c1F)-c1c(F)c(F)c(F)c(F)c1[CH]2[Al-]([CH]1c2cc(F)c(F)c(F)c2-c2c(F)c(F)c(F)c(F)c21)([CH]1c2cc(F)c(F)c(F)c2-c2c(F)c(F)c(F)c(F)c21)[CH]1c2cc(F)c(F)c(F)c2-c2c(F)c(F)c(F)c(F)c21. The summed E-state index contributed by atoms with van der Waals surface area (Å²) in [6.45, 7) is 3.31. The lowest BCUT2D eigenvalue weighted by atomic mass is 9.88. The predicted octanol–water partition coefficient (Wildman–Crippen LogP) is 26.0. The first-order valence-electron chi connectivity index (χ1n) is 33.8. The average Bonchev–Trinajstić information content (AvgIpc) is 1.47. The Balaban J connectivity index is 0.000000263. The van der Waals surface area contributed by atoms with E-state index in [-0.39, 0.29) is 17.8 Å². The number of fused-ring (bicyclic) bond motifs is 12. The minimum absolute atomic E-state index is 0.0628. The van der Waals surface area contributed by atoms with Gasteiger partial charge >= 0.3 is 30.5 Å². The smallest absolute Gasteiger partial charge is 0.277 e. The fourth-order valence-electron chi connectivity index (χ4n) is 16.9. The molecule has 0 bridgehead atoms. The summed E-state index contributed by atoms with van der Waals surface area (Å²) in [4.78, 5) is 0. The van der Waals surface area contributed by atoms with Crippen LogP contribution in [-0.2, 0) is 12.1 Å². The van der Waals surface area contributed by atoms with Gasteiger partial charge in [-0.15, -0.1) is 27.9 Å². The lowest BCUT2D eigenvalue weighted by Crippen LogP contribution is -2.98. The van der Waals surface area contributed by atoms with Crippen LogP contribution in [0.15, 0.2) is 24.3 Å². The number of hydrogen-bond donors (Lipinski definition) is 1. The van der Waals surface area contributed by atoms with E-state index in [9.17, 15) is 92.2 Å². The van der Waals surface area contributed by atoms with Crippen molar-refractivity contribution in [2.24, 2.45) is 5.92 Å². The van der Waals surface area contributed by atoms with Crippen molar-refractivity contribution < 1.29 is 220 Å². The highest BCUT2D eigenvalue weighted by molar-refractivity contribution is 6.88. The van der Waals surface area contributed by atoms with Gasteiger partial charge in [-0.3, -0.25) is 5.32 Å². The van der Waals surface area contributed by atoms with Gasteiger partial charge in [0.1, 0.15) is 5.56 Å². The van der Waals surface area contributed by atoms with Crippen molar-refractivity contribution in [3.8, 4) is 55.6 Å². The third-order valence-electron chi connectivity index (χ3n) is 21.6. The van der Waals surface area contributed by atoms with Crippen molar-refractivity contribution in [1.29, 1.82) is 0 Å². The van der Waals surface area contributed by atoms with Crippen molar-refractivity contribution in [2.45, 2.75) is 76.3 Å². The molecule has 1 nitrogen and oxygen atoms in total. The zero-order chi connectivity index (χ0) is 94.9. The van der Waals surface area contributed by atoms with Gasteiger partial charge in [-0.2, -0.15) is 48.3 Å². The van der Waals surface area contributed by atoms with E-state index in [2.05, 4.69) is 0 Å². The van der Waals surface area contributed by atoms with Crippen LogP contribution < -0.4 is 5.32 Å². The van der Waals surface area contributed by atoms with Crippen molar-refractivity contribution in [1.82, 2.24) is 0 Å². The second-order valence-corrected chi connectivity index (χ2v) is 33.1. The van der Waals surface area contributed by atoms with E-state index >= 15 is 123 Å². The summed E-state index contributed by atoms with van der Waals surface area (Å²) in [7, 11) is 0. The molecule has 0 aliphatic heterocycles. The van der Waals surface area contributed by atoms with Crippen molar-refractivity contribution >= 4 is 13.1 Å². The van der Waals surface area contributed by atoms with Crippen LogP contribution in [0.3, 0.4) is 0 Å². The van der Waals surface area contributed by atoms with E-state index in [4.69, 9.17) is 0 Å². The summed E-state index contributed by atoms with van der Waals surface area (Å²) in [5, 5.41) is 0.0628. The second kappa shape index (κ2) is 31.3. The normalized spacial score (nSPS) is 16.4. The van der Waals surface area contributed by atoms with Crippen LogP contribution in [0.25, 0.3) is 55.6 Å². The number of alkyl halides is 13. The molecule has 126 heavy (non-hydrogen) atoms. The molecule has 5 atom stereocenters. The topological polar surface area (TPSA) is 16.6 Å². The maximum Gasteiger partial charge on any atom is 0.514 e. The molecule has 14 rings (SSSR count). The lowest BCUT2D eigenvalue weighted by molar-refractivity contribution is -0.813. The molecular formula is C75H23AlF49N. The van der Waals surface area contributed by atoms with Crippen LogP contribution in [0, 0.1) is 215 Å². The first-order chi connectivity index (χ1) is 57.9. The lowest BCUT2D eigenvalue weighted by Gasteiger charge is -2.57. The van der Waals surface area contributed by atoms with Gasteiger partial charge in [0.2, 0.25) is 5.82 Å². The highest BCUT2D eigenvalue weighted by Gasteiger charge is 2.70. The molecule has 4 aliphatic carbocycles. The van der Waals surface area contributed by atoms with Gasteiger partial charge in [0.25, 0.3) is 0 Å². The monoisotopic (exact) mass is 1900 g/mol. The Morgan fingerprint density at radius 2 is 0.468 bits per heavy atom. The summed E-state index contributed by atoms with van der Waals surface area (Å²) < 4.78 is 719. The molecule has 10 aromatic rings. The Bertz CT molecular complexity index is 5810. The summed E-state index contributed by atoms with van der Waals surface area (Å²) in [5.74, 6) is -120. The minimum Gasteiger partial charge on any atom is -0.277 e. The van der Waals surface area contributed by atoms with Crippen molar-refractivity contribution in [2.75, 3.05) is 6.54 Å². The third kappa shape index (κ3) is 13.2. The van der Waals surface area contributed by atoms with Crippen LogP contribution in [0.2, 0.25) is 0 Å². The standard InChI is InChI=1S/C15F16.4C13H2F7.C8H14F5N.Al/c16-5-2(6(17)10(21)12(23)9(5)20)1-3(13(24,25)15(29,30)31)7(18)11(22)8(19)4(1)14(26,27)28;4*14-5-2-3-1-4-7(6(3)10(17)9(5)16)11(18)13(20)12(19)8(4)15;1-3-4-6(2)5-14-8(12,13)7(9,10)11;/h;4*1-2H;6,14H,3-5H2,1-2H3;/q;;;;;;-1/p+1. The van der Waals surface area contributed by atoms with Crippen LogP contribution in [-0.4, -0.2) is 38.0 Å². The Morgan fingerprint density at radius 3 is 0.698 bits per heavy atom. The molecule has 0 fully saturated rings. The average molecular weight is 1900 g/mol. The molecule has 5 unspecified atom stereocenters. The molecule has 0 radical (unpaired) electrons. The number of hydrogen-bond acceptors (Lipinski definition) is 0.